The summed E-state index contributed by atoms with van der Waals surface area (Å²) in [6, 6.07) is 3.20. The van der Waals surface area contributed by atoms with Crippen molar-refractivity contribution in [3.8, 4) is 5.75 Å². The normalized spacial score (nSPS) is 9.75. The van der Waals surface area contributed by atoms with Gasteiger partial charge in [0, 0.05) is 5.69 Å². The average Bonchev–Trinajstić information content (AvgIpc) is 1.96. The Labute approximate surface area is 71.3 Å². The fourth-order valence-electron chi connectivity index (χ4n) is 0.967. The number of benzene rings is 1. The number of hydrogen-bond acceptors (Lipinski definition) is 4. The Kier molecular flexibility index (Phi) is 2.28. The number of nitrogens with two attached hydrogens (primary N) is 3. The zero-order chi connectivity index (χ0) is 9.14. The minimum Gasteiger partial charge on any atom is -0.489 e. The van der Waals surface area contributed by atoms with E-state index in [-0.39, 0.29) is 6.61 Å². The first-order valence-corrected chi connectivity index (χ1v) is 3.51. The van der Waals surface area contributed by atoms with Crippen molar-refractivity contribution >= 4 is 17.1 Å². The van der Waals surface area contributed by atoms with Crippen molar-refractivity contribution in [3.05, 3.63) is 19.1 Å². The molecule has 0 amide bonds. The molecular formula is C8H12N3O. The minimum absolute atomic E-state index is 0.290. The van der Waals surface area contributed by atoms with Gasteiger partial charge in [-0.05, 0) is 19.1 Å². The predicted octanol–water partition coefficient (Wildman–Crippen LogP) is 0.646. The van der Waals surface area contributed by atoms with Crippen molar-refractivity contribution in [3.63, 3.8) is 0 Å². The summed E-state index contributed by atoms with van der Waals surface area (Å²) in [4.78, 5) is 0. The highest BCUT2D eigenvalue weighted by Gasteiger charge is 2.05. The van der Waals surface area contributed by atoms with Gasteiger partial charge >= 0.3 is 0 Å². The molecule has 65 valence electrons. The monoisotopic (exact) mass is 166 g/mol. The van der Waals surface area contributed by atoms with Gasteiger partial charge in [0.2, 0.25) is 0 Å². The molecule has 0 heterocycles. The van der Waals surface area contributed by atoms with Crippen LogP contribution in [0, 0.1) is 6.92 Å². The molecule has 0 unspecified atom stereocenters. The van der Waals surface area contributed by atoms with E-state index in [2.05, 4.69) is 6.92 Å². The summed E-state index contributed by atoms with van der Waals surface area (Å²) in [6.07, 6.45) is 0. The van der Waals surface area contributed by atoms with Crippen LogP contribution in [0.4, 0.5) is 17.1 Å². The molecule has 0 aliphatic carbocycles. The van der Waals surface area contributed by atoms with Gasteiger partial charge in [0.25, 0.3) is 0 Å². The van der Waals surface area contributed by atoms with Crippen molar-refractivity contribution in [2.45, 2.75) is 0 Å². The van der Waals surface area contributed by atoms with E-state index in [0.717, 1.165) is 0 Å². The van der Waals surface area contributed by atoms with E-state index in [9.17, 15) is 0 Å². The molecule has 4 heteroatoms. The van der Waals surface area contributed by atoms with Gasteiger partial charge in [0.15, 0.2) is 5.75 Å². The molecule has 6 N–H and O–H groups in total. The summed E-state index contributed by atoms with van der Waals surface area (Å²) in [5, 5.41) is 0. The lowest BCUT2D eigenvalue weighted by Crippen LogP contribution is -2.02. The Morgan fingerprint density at radius 1 is 1.17 bits per heavy atom. The second kappa shape index (κ2) is 3.21. The van der Waals surface area contributed by atoms with Gasteiger partial charge < -0.3 is 21.9 Å². The third-order valence-electron chi connectivity index (χ3n) is 1.42. The Balaban J connectivity index is 3.10. The van der Waals surface area contributed by atoms with Crippen LogP contribution in [-0.4, -0.2) is 6.61 Å². The van der Waals surface area contributed by atoms with E-state index >= 15 is 0 Å². The molecule has 4 nitrogen and oxygen atoms in total. The highest BCUT2D eigenvalue weighted by Crippen LogP contribution is 2.31. The molecule has 0 saturated carbocycles. The standard InChI is InChI=1S/C8H12N3O/c1-2-12-8-6(10)3-5(9)4-7(8)11/h3-4H,1-2,9-11H2. The van der Waals surface area contributed by atoms with E-state index in [4.69, 9.17) is 21.9 Å². The summed E-state index contributed by atoms with van der Waals surface area (Å²) in [6.45, 7) is 3.81. The molecule has 0 atom stereocenters. The largest absolute Gasteiger partial charge is 0.489 e. The average molecular weight is 166 g/mol. The fourth-order valence-corrected chi connectivity index (χ4v) is 0.967. The molecular weight excluding hydrogens is 154 g/mol. The molecule has 1 aromatic carbocycles. The van der Waals surface area contributed by atoms with Gasteiger partial charge in [0.05, 0.1) is 18.0 Å². The minimum atomic E-state index is 0.290. The topological polar surface area (TPSA) is 87.3 Å². The fraction of sp³-hybridized carbons (Fsp3) is 0.125. The van der Waals surface area contributed by atoms with Crippen LogP contribution in [0.15, 0.2) is 12.1 Å². The van der Waals surface area contributed by atoms with Gasteiger partial charge in [0.1, 0.15) is 0 Å². The zero-order valence-corrected chi connectivity index (χ0v) is 6.71. The molecule has 1 aromatic rings. The summed E-state index contributed by atoms with van der Waals surface area (Å²) >= 11 is 0. The van der Waals surface area contributed by atoms with E-state index in [1.54, 1.807) is 12.1 Å². The van der Waals surface area contributed by atoms with Gasteiger partial charge in [-0.25, -0.2) is 0 Å². The molecule has 12 heavy (non-hydrogen) atoms. The summed E-state index contributed by atoms with van der Waals surface area (Å²) in [7, 11) is 0. The first kappa shape index (κ1) is 8.52. The Hall–Kier alpha value is -1.58. The van der Waals surface area contributed by atoms with Crippen LogP contribution in [0.3, 0.4) is 0 Å². The van der Waals surface area contributed by atoms with Crippen molar-refractivity contribution in [1.29, 1.82) is 0 Å². The number of nitrogen functional groups attached to an aromatic ring is 3. The number of rotatable bonds is 2. The third-order valence-corrected chi connectivity index (χ3v) is 1.42. The highest BCUT2D eigenvalue weighted by atomic mass is 16.5. The molecule has 0 aromatic heterocycles. The lowest BCUT2D eigenvalue weighted by atomic mass is 10.2. The SMILES string of the molecule is [CH2]COc1c(N)cc(N)cc1N. The Bertz CT molecular complexity index is 263. The molecule has 1 rings (SSSR count). The van der Waals surface area contributed by atoms with Gasteiger partial charge in [-0.3, -0.25) is 0 Å². The summed E-state index contributed by atoms with van der Waals surface area (Å²) < 4.78 is 5.11. The van der Waals surface area contributed by atoms with Crippen LogP contribution in [0.5, 0.6) is 5.75 Å². The number of anilines is 3. The predicted molar refractivity (Wildman–Crippen MR) is 50.5 cm³/mol. The Morgan fingerprint density at radius 2 is 1.67 bits per heavy atom. The van der Waals surface area contributed by atoms with E-state index < -0.39 is 0 Å². The molecule has 0 bridgehead atoms. The van der Waals surface area contributed by atoms with Crippen molar-refractivity contribution in [1.82, 2.24) is 0 Å². The van der Waals surface area contributed by atoms with Crippen molar-refractivity contribution in [2.24, 2.45) is 0 Å². The second-order valence-electron chi connectivity index (χ2n) is 2.38. The Morgan fingerprint density at radius 3 is 2.08 bits per heavy atom. The second-order valence-corrected chi connectivity index (χ2v) is 2.38. The maximum Gasteiger partial charge on any atom is 0.165 e. The maximum atomic E-state index is 5.60. The summed E-state index contributed by atoms with van der Waals surface area (Å²) in [5.41, 5.74) is 18.1. The molecule has 0 aliphatic rings. The quantitative estimate of drug-likeness (QED) is 0.563. The number of ether oxygens (including phenoxy) is 1. The molecule has 1 radical (unpaired) electrons. The lowest BCUT2D eigenvalue weighted by Gasteiger charge is -2.10. The summed E-state index contributed by atoms with van der Waals surface area (Å²) in [5.74, 6) is 0.458. The van der Waals surface area contributed by atoms with Crippen molar-refractivity contribution < 1.29 is 4.74 Å². The van der Waals surface area contributed by atoms with Crippen LogP contribution in [-0.2, 0) is 0 Å². The van der Waals surface area contributed by atoms with Crippen LogP contribution < -0.4 is 21.9 Å². The first-order chi connectivity index (χ1) is 5.65. The highest BCUT2D eigenvalue weighted by molar-refractivity contribution is 5.73. The molecule has 0 spiro atoms. The van der Waals surface area contributed by atoms with Gasteiger partial charge in [-0.2, -0.15) is 0 Å². The van der Waals surface area contributed by atoms with E-state index in [0.29, 0.717) is 22.8 Å². The molecule has 0 saturated heterocycles. The number of hydrogen-bond donors (Lipinski definition) is 3. The maximum absolute atomic E-state index is 5.60. The van der Waals surface area contributed by atoms with Crippen LogP contribution in [0.2, 0.25) is 0 Å². The lowest BCUT2D eigenvalue weighted by molar-refractivity contribution is 0.365. The molecule has 0 fully saturated rings. The molecule has 0 aliphatic heterocycles. The van der Waals surface area contributed by atoms with Crippen LogP contribution >= 0.6 is 0 Å². The van der Waals surface area contributed by atoms with Crippen LogP contribution in [0.25, 0.3) is 0 Å². The van der Waals surface area contributed by atoms with Crippen LogP contribution in [0.1, 0.15) is 0 Å². The third kappa shape index (κ3) is 1.53. The van der Waals surface area contributed by atoms with Gasteiger partial charge in [-0.15, -0.1) is 0 Å². The van der Waals surface area contributed by atoms with Gasteiger partial charge in [-0.1, -0.05) is 0 Å². The van der Waals surface area contributed by atoms with E-state index in [1.807, 2.05) is 0 Å². The smallest absolute Gasteiger partial charge is 0.165 e. The zero-order valence-electron chi connectivity index (χ0n) is 6.71. The first-order valence-electron chi connectivity index (χ1n) is 3.51. The van der Waals surface area contributed by atoms with E-state index in [1.165, 1.54) is 0 Å². The van der Waals surface area contributed by atoms with Crippen molar-refractivity contribution in [2.75, 3.05) is 23.8 Å².